The second-order valence-corrected chi connectivity index (χ2v) is 5.57. The second-order valence-electron chi connectivity index (χ2n) is 5.13. The summed E-state index contributed by atoms with van der Waals surface area (Å²) in [4.78, 5) is 8.43. The van der Waals surface area contributed by atoms with Gasteiger partial charge in [-0.05, 0) is 43.2 Å². The molecule has 0 aliphatic rings. The van der Waals surface area contributed by atoms with Crippen LogP contribution in [0.2, 0.25) is 5.02 Å². The van der Waals surface area contributed by atoms with Gasteiger partial charge in [-0.25, -0.2) is 0 Å². The smallest absolute Gasteiger partial charge is 0.0905 e. The van der Waals surface area contributed by atoms with Crippen LogP contribution in [0, 0.1) is 0 Å². The van der Waals surface area contributed by atoms with E-state index in [1.165, 1.54) is 5.56 Å². The van der Waals surface area contributed by atoms with Crippen LogP contribution in [0.25, 0.3) is 10.9 Å². The van der Waals surface area contributed by atoms with Gasteiger partial charge in [0.2, 0.25) is 0 Å². The molecule has 2 heterocycles. The lowest BCUT2D eigenvalue weighted by Crippen LogP contribution is -2.18. The lowest BCUT2D eigenvalue weighted by atomic mass is 10.1. The minimum atomic E-state index is 0.294. The average Bonchev–Trinajstić information content (AvgIpc) is 2.47. The van der Waals surface area contributed by atoms with Crippen LogP contribution in [0.4, 0.5) is 5.69 Å². The predicted octanol–water partition coefficient (Wildman–Crippen LogP) is 4.33. The predicted molar refractivity (Wildman–Crippen MR) is 87.8 cm³/mol. The van der Waals surface area contributed by atoms with E-state index in [9.17, 15) is 0 Å². The van der Waals surface area contributed by atoms with E-state index in [0.29, 0.717) is 6.04 Å². The summed E-state index contributed by atoms with van der Waals surface area (Å²) in [5.74, 6) is 0. The molecule has 1 N–H and O–H groups in total. The first-order chi connectivity index (χ1) is 10.2. The zero-order valence-corrected chi connectivity index (χ0v) is 12.5. The van der Waals surface area contributed by atoms with Crippen LogP contribution in [0.5, 0.6) is 0 Å². The molecule has 0 aliphatic carbocycles. The molecule has 1 atom stereocenters. The summed E-state index contributed by atoms with van der Waals surface area (Å²) in [5.41, 5.74) is 3.21. The molecule has 3 nitrogen and oxygen atoms in total. The Labute approximate surface area is 129 Å². The van der Waals surface area contributed by atoms with Gasteiger partial charge in [0.25, 0.3) is 0 Å². The average molecular weight is 298 g/mol. The van der Waals surface area contributed by atoms with Crippen molar-refractivity contribution in [2.75, 3.05) is 5.32 Å². The van der Waals surface area contributed by atoms with Gasteiger partial charge in [0.15, 0.2) is 0 Å². The molecule has 0 aliphatic heterocycles. The Morgan fingerprint density at radius 2 is 2.10 bits per heavy atom. The summed E-state index contributed by atoms with van der Waals surface area (Å²) >= 11 is 6.03. The Morgan fingerprint density at radius 3 is 2.95 bits per heavy atom. The Hall–Kier alpha value is -2.13. The third-order valence-electron chi connectivity index (χ3n) is 3.38. The van der Waals surface area contributed by atoms with Crippen molar-refractivity contribution in [1.29, 1.82) is 0 Å². The second kappa shape index (κ2) is 6.10. The molecular weight excluding hydrogens is 282 g/mol. The summed E-state index contributed by atoms with van der Waals surface area (Å²) in [6.07, 6.45) is 6.28. The maximum absolute atomic E-state index is 6.03. The van der Waals surface area contributed by atoms with Gasteiger partial charge in [-0.15, -0.1) is 0 Å². The van der Waals surface area contributed by atoms with Crippen molar-refractivity contribution >= 4 is 28.2 Å². The van der Waals surface area contributed by atoms with Crippen molar-refractivity contribution in [2.24, 2.45) is 0 Å². The first-order valence-electron chi connectivity index (χ1n) is 6.92. The van der Waals surface area contributed by atoms with Gasteiger partial charge in [0, 0.05) is 34.5 Å². The SMILES string of the molecule is CC(Cc1cccc(Cl)c1)Nc1ccnc2cnccc12. The molecule has 4 heteroatoms. The molecule has 0 fully saturated rings. The number of aromatic nitrogens is 2. The van der Waals surface area contributed by atoms with E-state index in [2.05, 4.69) is 28.3 Å². The summed E-state index contributed by atoms with van der Waals surface area (Å²) in [5, 5.41) is 5.41. The molecule has 3 rings (SSSR count). The molecule has 21 heavy (non-hydrogen) atoms. The molecule has 106 valence electrons. The maximum atomic E-state index is 6.03. The van der Waals surface area contributed by atoms with Gasteiger partial charge in [-0.2, -0.15) is 0 Å². The van der Waals surface area contributed by atoms with E-state index < -0.39 is 0 Å². The minimum Gasteiger partial charge on any atom is -0.382 e. The number of nitrogens with one attached hydrogen (secondary N) is 1. The molecule has 0 saturated heterocycles. The van der Waals surface area contributed by atoms with Gasteiger partial charge < -0.3 is 5.32 Å². The largest absolute Gasteiger partial charge is 0.382 e. The Balaban J connectivity index is 1.79. The van der Waals surface area contributed by atoms with Crippen molar-refractivity contribution < 1.29 is 0 Å². The number of benzene rings is 1. The highest BCUT2D eigenvalue weighted by molar-refractivity contribution is 6.30. The zero-order chi connectivity index (χ0) is 14.7. The lowest BCUT2D eigenvalue weighted by Gasteiger charge is -2.17. The highest BCUT2D eigenvalue weighted by Crippen LogP contribution is 2.22. The monoisotopic (exact) mass is 297 g/mol. The van der Waals surface area contributed by atoms with Crippen LogP contribution in [-0.4, -0.2) is 16.0 Å². The van der Waals surface area contributed by atoms with Crippen LogP contribution in [0.3, 0.4) is 0 Å². The number of anilines is 1. The third kappa shape index (κ3) is 3.31. The topological polar surface area (TPSA) is 37.8 Å². The number of hydrogen-bond acceptors (Lipinski definition) is 3. The summed E-state index contributed by atoms with van der Waals surface area (Å²) in [6, 6.07) is 12.3. The fraction of sp³-hybridized carbons (Fsp3) is 0.176. The van der Waals surface area contributed by atoms with Gasteiger partial charge >= 0.3 is 0 Å². The van der Waals surface area contributed by atoms with E-state index >= 15 is 0 Å². The molecule has 0 spiro atoms. The molecule has 0 radical (unpaired) electrons. The van der Waals surface area contributed by atoms with E-state index in [1.807, 2.05) is 30.3 Å². The van der Waals surface area contributed by atoms with Crippen LogP contribution >= 0.6 is 11.6 Å². The maximum Gasteiger partial charge on any atom is 0.0905 e. The first-order valence-corrected chi connectivity index (χ1v) is 7.30. The Kier molecular flexibility index (Phi) is 4.02. The fourth-order valence-electron chi connectivity index (χ4n) is 2.46. The first kappa shape index (κ1) is 13.8. The quantitative estimate of drug-likeness (QED) is 0.779. The highest BCUT2D eigenvalue weighted by Gasteiger charge is 2.07. The van der Waals surface area contributed by atoms with Crippen LogP contribution in [0.15, 0.2) is 55.0 Å². The van der Waals surface area contributed by atoms with E-state index in [4.69, 9.17) is 11.6 Å². The molecule has 0 bridgehead atoms. The standard InChI is InChI=1S/C17H16ClN3/c1-12(9-13-3-2-4-14(18)10-13)21-16-6-8-20-17-11-19-7-5-15(16)17/h2-8,10-12H,9H2,1H3,(H,20,21). The number of fused-ring (bicyclic) bond motifs is 1. The van der Waals surface area contributed by atoms with Gasteiger partial charge in [0.05, 0.1) is 11.7 Å². The molecule has 2 aromatic heterocycles. The summed E-state index contributed by atoms with van der Waals surface area (Å²) < 4.78 is 0. The van der Waals surface area contributed by atoms with Gasteiger partial charge in [0.1, 0.15) is 0 Å². The lowest BCUT2D eigenvalue weighted by molar-refractivity contribution is 0.791. The van der Waals surface area contributed by atoms with Crippen molar-refractivity contribution in [1.82, 2.24) is 9.97 Å². The van der Waals surface area contributed by atoms with Gasteiger partial charge in [-0.1, -0.05) is 23.7 Å². The third-order valence-corrected chi connectivity index (χ3v) is 3.61. The van der Waals surface area contributed by atoms with Crippen LogP contribution in [-0.2, 0) is 6.42 Å². The number of hydrogen-bond donors (Lipinski definition) is 1. The van der Waals surface area contributed by atoms with Crippen molar-refractivity contribution in [3.8, 4) is 0 Å². The number of pyridine rings is 2. The minimum absolute atomic E-state index is 0.294. The molecule has 3 aromatic rings. The number of rotatable bonds is 4. The van der Waals surface area contributed by atoms with Crippen molar-refractivity contribution in [3.63, 3.8) is 0 Å². The van der Waals surface area contributed by atoms with E-state index in [0.717, 1.165) is 28.0 Å². The Morgan fingerprint density at radius 1 is 1.19 bits per heavy atom. The molecule has 1 aromatic carbocycles. The van der Waals surface area contributed by atoms with Crippen LogP contribution in [0.1, 0.15) is 12.5 Å². The normalized spacial score (nSPS) is 12.3. The molecule has 0 saturated carbocycles. The number of halogens is 1. The van der Waals surface area contributed by atoms with E-state index in [1.54, 1.807) is 18.6 Å². The summed E-state index contributed by atoms with van der Waals surface area (Å²) in [6.45, 7) is 2.16. The van der Waals surface area contributed by atoms with Crippen molar-refractivity contribution in [2.45, 2.75) is 19.4 Å². The Bertz CT molecular complexity index is 752. The number of nitrogens with zero attached hydrogens (tertiary/aromatic N) is 2. The molecular formula is C17H16ClN3. The fourth-order valence-corrected chi connectivity index (χ4v) is 2.67. The summed E-state index contributed by atoms with van der Waals surface area (Å²) in [7, 11) is 0. The highest BCUT2D eigenvalue weighted by atomic mass is 35.5. The van der Waals surface area contributed by atoms with Gasteiger partial charge in [-0.3, -0.25) is 9.97 Å². The molecule has 0 amide bonds. The molecule has 1 unspecified atom stereocenters. The zero-order valence-electron chi connectivity index (χ0n) is 11.8. The van der Waals surface area contributed by atoms with Crippen LogP contribution < -0.4 is 5.32 Å². The van der Waals surface area contributed by atoms with E-state index in [-0.39, 0.29) is 0 Å². The van der Waals surface area contributed by atoms with Crippen molar-refractivity contribution in [3.05, 3.63) is 65.6 Å².